The second-order valence-corrected chi connectivity index (χ2v) is 4.90. The van der Waals surface area contributed by atoms with Crippen molar-refractivity contribution in [2.24, 2.45) is 11.7 Å². The topological polar surface area (TPSA) is 92.4 Å². The molecule has 0 heterocycles. The van der Waals surface area contributed by atoms with Crippen LogP contribution in [-0.2, 0) is 9.59 Å². The molecule has 0 saturated carbocycles. The maximum Gasteiger partial charge on any atom is 0.323 e. The van der Waals surface area contributed by atoms with Crippen molar-refractivity contribution in [2.45, 2.75) is 51.4 Å². The summed E-state index contributed by atoms with van der Waals surface area (Å²) in [7, 11) is 5.36. The third kappa shape index (κ3) is 6.05. The molecule has 0 bridgehead atoms. The Bertz CT molecular complexity index is 284. The van der Waals surface area contributed by atoms with E-state index < -0.39 is 11.5 Å². The lowest BCUT2D eigenvalue weighted by atomic mass is 9.88. The molecule has 0 rings (SSSR count). The molecule has 102 valence electrons. The minimum absolute atomic E-state index is 0.0929. The molecular formula is C12H23BN2O3. The van der Waals surface area contributed by atoms with Crippen molar-refractivity contribution in [1.82, 2.24) is 5.32 Å². The number of rotatable bonds is 9. The van der Waals surface area contributed by atoms with Crippen LogP contribution in [-0.4, -0.2) is 36.9 Å². The third-order valence-electron chi connectivity index (χ3n) is 2.90. The number of nitrogens with one attached hydrogen (secondary N) is 1. The molecule has 4 N–H and O–H groups in total. The monoisotopic (exact) mass is 254 g/mol. The van der Waals surface area contributed by atoms with Gasteiger partial charge >= 0.3 is 5.97 Å². The van der Waals surface area contributed by atoms with Crippen molar-refractivity contribution in [3.05, 3.63) is 0 Å². The van der Waals surface area contributed by atoms with Crippen LogP contribution in [0.1, 0.15) is 39.5 Å². The summed E-state index contributed by atoms with van der Waals surface area (Å²) < 4.78 is 0. The first-order chi connectivity index (χ1) is 8.33. The van der Waals surface area contributed by atoms with Gasteiger partial charge in [-0.3, -0.25) is 9.59 Å². The summed E-state index contributed by atoms with van der Waals surface area (Å²) in [5, 5.41) is 11.8. The molecule has 0 aromatic carbocycles. The van der Waals surface area contributed by atoms with E-state index in [4.69, 9.17) is 18.7 Å². The quantitative estimate of drug-likeness (QED) is 0.417. The molecule has 0 aliphatic rings. The summed E-state index contributed by atoms with van der Waals surface area (Å²) in [5.74, 6) is -1.23. The molecule has 1 atom stereocenters. The van der Waals surface area contributed by atoms with Gasteiger partial charge in [-0.05, 0) is 12.8 Å². The number of aliphatic carboxylic acids is 1. The van der Waals surface area contributed by atoms with E-state index in [9.17, 15) is 9.59 Å². The molecule has 0 aliphatic heterocycles. The molecule has 18 heavy (non-hydrogen) atoms. The van der Waals surface area contributed by atoms with Gasteiger partial charge in [0.05, 0.1) is 7.85 Å². The Morgan fingerprint density at radius 2 is 1.94 bits per heavy atom. The number of hydrogen-bond donors (Lipinski definition) is 3. The third-order valence-corrected chi connectivity index (χ3v) is 2.90. The lowest BCUT2D eigenvalue weighted by Crippen LogP contribution is -2.50. The Balaban J connectivity index is 4.18. The fraction of sp³-hybridized carbons (Fsp3) is 0.833. The highest BCUT2D eigenvalue weighted by Gasteiger charge is 2.32. The molecule has 1 amide bonds. The maximum atomic E-state index is 11.3. The molecule has 0 spiro atoms. The lowest BCUT2D eigenvalue weighted by molar-refractivity contribution is -0.144. The molecule has 0 aromatic rings. The Kier molecular flexibility index (Phi) is 7.67. The Labute approximate surface area is 110 Å². The highest BCUT2D eigenvalue weighted by Crippen LogP contribution is 2.16. The fourth-order valence-corrected chi connectivity index (χ4v) is 1.54. The van der Waals surface area contributed by atoms with E-state index in [1.165, 1.54) is 0 Å². The van der Waals surface area contributed by atoms with E-state index in [2.05, 4.69) is 5.32 Å². The first kappa shape index (κ1) is 17.0. The molecule has 1 unspecified atom stereocenters. The molecule has 0 fully saturated rings. The highest BCUT2D eigenvalue weighted by molar-refractivity contribution is 6.08. The number of nitrogens with two attached hydrogens (primary N) is 1. The lowest BCUT2D eigenvalue weighted by Gasteiger charge is -2.25. The Morgan fingerprint density at radius 1 is 1.33 bits per heavy atom. The second kappa shape index (κ2) is 8.13. The second-order valence-electron chi connectivity index (χ2n) is 4.90. The average Bonchev–Trinajstić information content (AvgIpc) is 2.28. The van der Waals surface area contributed by atoms with Gasteiger partial charge < -0.3 is 16.2 Å². The summed E-state index contributed by atoms with van der Waals surface area (Å²) in [6.45, 7) is 3.84. The van der Waals surface area contributed by atoms with Crippen LogP contribution >= 0.6 is 0 Å². The van der Waals surface area contributed by atoms with E-state index in [0.29, 0.717) is 19.2 Å². The van der Waals surface area contributed by atoms with Crippen molar-refractivity contribution in [1.29, 1.82) is 0 Å². The summed E-state index contributed by atoms with van der Waals surface area (Å²) in [4.78, 5) is 22.5. The molecular weight excluding hydrogens is 231 g/mol. The van der Waals surface area contributed by atoms with Crippen LogP contribution in [0.4, 0.5) is 0 Å². The minimum atomic E-state index is -1.28. The van der Waals surface area contributed by atoms with Crippen molar-refractivity contribution in [3.63, 3.8) is 0 Å². The summed E-state index contributed by atoms with van der Waals surface area (Å²) >= 11 is 0. The van der Waals surface area contributed by atoms with Gasteiger partial charge in [0, 0.05) is 12.5 Å². The average molecular weight is 254 g/mol. The van der Waals surface area contributed by atoms with Gasteiger partial charge in [-0.15, -0.1) is 0 Å². The van der Waals surface area contributed by atoms with Crippen LogP contribution in [0, 0.1) is 5.92 Å². The first-order valence-electron chi connectivity index (χ1n) is 6.33. The van der Waals surface area contributed by atoms with E-state index in [1.807, 2.05) is 0 Å². The van der Waals surface area contributed by atoms with Gasteiger partial charge in [-0.2, -0.15) is 0 Å². The van der Waals surface area contributed by atoms with Gasteiger partial charge in [0.2, 0.25) is 5.91 Å². The zero-order chi connectivity index (χ0) is 14.2. The summed E-state index contributed by atoms with van der Waals surface area (Å²) in [6.07, 6.45) is 2.56. The SMILES string of the molecule is [B]CCCCC(N)(CCNC(=O)C(C)C)C(=O)O. The van der Waals surface area contributed by atoms with Crippen molar-refractivity contribution in [2.75, 3.05) is 6.54 Å². The zero-order valence-corrected chi connectivity index (χ0v) is 11.2. The molecule has 0 aliphatic carbocycles. The van der Waals surface area contributed by atoms with Gasteiger partial charge in [0.1, 0.15) is 5.54 Å². The highest BCUT2D eigenvalue weighted by atomic mass is 16.4. The first-order valence-corrected chi connectivity index (χ1v) is 6.33. The predicted molar refractivity (Wildman–Crippen MR) is 71.4 cm³/mol. The fourth-order valence-electron chi connectivity index (χ4n) is 1.54. The number of carboxylic acid groups (broad SMARTS) is 1. The van der Waals surface area contributed by atoms with Gasteiger partial charge in [-0.25, -0.2) is 0 Å². The van der Waals surface area contributed by atoms with E-state index in [-0.39, 0.29) is 24.8 Å². The van der Waals surface area contributed by atoms with Gasteiger partial charge in [0.15, 0.2) is 0 Å². The normalized spacial score (nSPS) is 14.2. The number of hydrogen-bond acceptors (Lipinski definition) is 3. The van der Waals surface area contributed by atoms with E-state index in [0.717, 1.165) is 6.42 Å². The van der Waals surface area contributed by atoms with Crippen molar-refractivity contribution in [3.8, 4) is 0 Å². The van der Waals surface area contributed by atoms with Crippen molar-refractivity contribution >= 4 is 19.7 Å². The smallest absolute Gasteiger partial charge is 0.323 e. The molecule has 6 heteroatoms. The molecule has 0 saturated heterocycles. The van der Waals surface area contributed by atoms with E-state index >= 15 is 0 Å². The van der Waals surface area contributed by atoms with Crippen molar-refractivity contribution < 1.29 is 14.7 Å². The Morgan fingerprint density at radius 3 is 2.39 bits per heavy atom. The largest absolute Gasteiger partial charge is 0.480 e. The molecule has 0 aromatic heterocycles. The van der Waals surface area contributed by atoms with Gasteiger partial charge in [0.25, 0.3) is 0 Å². The van der Waals surface area contributed by atoms with Gasteiger partial charge in [-0.1, -0.05) is 33.0 Å². The van der Waals surface area contributed by atoms with Crippen LogP contribution in [0.25, 0.3) is 0 Å². The minimum Gasteiger partial charge on any atom is -0.480 e. The predicted octanol–water partition coefficient (Wildman–Crippen LogP) is 0.688. The number of amides is 1. The molecule has 5 nitrogen and oxygen atoms in total. The van der Waals surface area contributed by atoms with Crippen LogP contribution in [0.2, 0.25) is 6.32 Å². The number of carboxylic acids is 1. The number of carbonyl (C=O) groups is 2. The Hall–Kier alpha value is -1.04. The van der Waals surface area contributed by atoms with Crippen LogP contribution in [0.15, 0.2) is 0 Å². The van der Waals surface area contributed by atoms with Crippen LogP contribution in [0.3, 0.4) is 0 Å². The van der Waals surface area contributed by atoms with Crippen LogP contribution < -0.4 is 11.1 Å². The maximum absolute atomic E-state index is 11.3. The van der Waals surface area contributed by atoms with Crippen LogP contribution in [0.5, 0.6) is 0 Å². The molecule has 2 radical (unpaired) electrons. The summed E-state index contributed by atoms with van der Waals surface area (Å²) in [6, 6.07) is 0. The number of unbranched alkanes of at least 4 members (excludes halogenated alkanes) is 1. The zero-order valence-electron chi connectivity index (χ0n) is 11.2. The summed E-state index contributed by atoms with van der Waals surface area (Å²) in [5.41, 5.74) is 4.57. The number of carbonyl (C=O) groups excluding carboxylic acids is 1. The van der Waals surface area contributed by atoms with E-state index in [1.54, 1.807) is 13.8 Å². The standard InChI is InChI=1S/C12H23BN2O3/c1-9(2)10(16)15-8-6-12(14,11(17)18)5-3-4-7-13/h9H,3-8,14H2,1-2H3,(H,15,16)(H,17,18).